The van der Waals surface area contributed by atoms with Crippen LogP contribution in [0.5, 0.6) is 0 Å². The van der Waals surface area contributed by atoms with Crippen LogP contribution in [-0.2, 0) is 6.42 Å². The lowest BCUT2D eigenvalue weighted by atomic mass is 9.87. The van der Waals surface area contributed by atoms with Crippen molar-refractivity contribution >= 4 is 11.6 Å². The third kappa shape index (κ3) is 3.94. The predicted molar refractivity (Wildman–Crippen MR) is 80.6 cm³/mol. The lowest BCUT2D eigenvalue weighted by Crippen LogP contribution is -2.35. The van der Waals surface area contributed by atoms with E-state index >= 15 is 0 Å². The largest absolute Gasteiger partial charge is 0.389 e. The van der Waals surface area contributed by atoms with Gasteiger partial charge in [-0.1, -0.05) is 11.6 Å². The van der Waals surface area contributed by atoms with Gasteiger partial charge in [-0.05, 0) is 63.4 Å². The van der Waals surface area contributed by atoms with Gasteiger partial charge in [0.1, 0.15) is 5.82 Å². The maximum absolute atomic E-state index is 13.3. The molecule has 1 aromatic rings. The Morgan fingerprint density at radius 2 is 2.10 bits per heavy atom. The molecule has 1 aromatic carbocycles. The summed E-state index contributed by atoms with van der Waals surface area (Å²) in [5.41, 5.74) is -0.0756. The molecule has 1 N–H and O–H groups in total. The smallest absolute Gasteiger partial charge is 0.123 e. The molecule has 20 heavy (non-hydrogen) atoms. The van der Waals surface area contributed by atoms with Crippen molar-refractivity contribution in [1.82, 2.24) is 4.90 Å². The van der Waals surface area contributed by atoms with Crippen LogP contribution in [0.1, 0.15) is 38.7 Å². The number of likely N-dealkylation sites (tertiary alicyclic amines) is 1. The Morgan fingerprint density at radius 3 is 2.80 bits per heavy atom. The number of halogens is 2. The zero-order chi connectivity index (χ0) is 14.8. The molecule has 0 amide bonds. The second kappa shape index (κ2) is 6.42. The Balaban J connectivity index is 2.09. The van der Waals surface area contributed by atoms with E-state index in [4.69, 9.17) is 11.6 Å². The second-order valence-electron chi connectivity index (χ2n) is 6.12. The molecule has 0 aromatic heterocycles. The summed E-state index contributed by atoms with van der Waals surface area (Å²) in [4.78, 5) is 2.38. The van der Waals surface area contributed by atoms with Crippen LogP contribution in [0.25, 0.3) is 0 Å². The minimum absolute atomic E-state index is 0.301. The summed E-state index contributed by atoms with van der Waals surface area (Å²) in [6.45, 7) is 6.24. The van der Waals surface area contributed by atoms with Gasteiger partial charge in [0.25, 0.3) is 0 Å². The minimum Gasteiger partial charge on any atom is -0.389 e. The summed E-state index contributed by atoms with van der Waals surface area (Å²) in [7, 11) is 0. The Hall–Kier alpha value is -0.640. The zero-order valence-corrected chi connectivity index (χ0v) is 13.0. The number of benzene rings is 1. The summed E-state index contributed by atoms with van der Waals surface area (Å²) in [5, 5.41) is 11.3. The molecule has 0 aliphatic carbocycles. The van der Waals surface area contributed by atoms with E-state index in [9.17, 15) is 9.50 Å². The highest BCUT2D eigenvalue weighted by Crippen LogP contribution is 2.30. The molecule has 2 nitrogen and oxygen atoms in total. The van der Waals surface area contributed by atoms with E-state index < -0.39 is 5.60 Å². The van der Waals surface area contributed by atoms with Gasteiger partial charge in [-0.15, -0.1) is 0 Å². The van der Waals surface area contributed by atoms with Crippen molar-refractivity contribution in [3.05, 3.63) is 34.6 Å². The normalized spacial score (nSPS) is 24.9. The summed E-state index contributed by atoms with van der Waals surface area (Å²) in [5.74, 6) is -0.301. The van der Waals surface area contributed by atoms with Crippen LogP contribution < -0.4 is 0 Å². The van der Waals surface area contributed by atoms with Crippen LogP contribution >= 0.6 is 11.6 Å². The van der Waals surface area contributed by atoms with Gasteiger partial charge in [-0.2, -0.15) is 0 Å². The predicted octanol–water partition coefficient (Wildman–Crippen LogP) is 3.65. The summed E-state index contributed by atoms with van der Waals surface area (Å²) in [6, 6.07) is 4.84. The van der Waals surface area contributed by atoms with Crippen LogP contribution in [0.4, 0.5) is 4.39 Å². The number of hydrogen-bond donors (Lipinski definition) is 1. The molecule has 1 atom stereocenters. The molecule has 1 aliphatic rings. The molecular formula is C16H23ClFNO. The second-order valence-corrected chi connectivity index (χ2v) is 6.53. The fourth-order valence-corrected chi connectivity index (χ4v) is 3.11. The van der Waals surface area contributed by atoms with Gasteiger partial charge in [0, 0.05) is 24.0 Å². The van der Waals surface area contributed by atoms with Crippen LogP contribution in [0.2, 0.25) is 5.02 Å². The molecular weight excluding hydrogens is 277 g/mol. The highest BCUT2D eigenvalue weighted by molar-refractivity contribution is 6.31. The number of aliphatic hydroxyl groups is 1. The van der Waals surface area contributed by atoms with E-state index in [0.29, 0.717) is 29.5 Å². The van der Waals surface area contributed by atoms with Crippen molar-refractivity contribution in [2.24, 2.45) is 0 Å². The third-order valence-corrected chi connectivity index (χ3v) is 4.58. The van der Waals surface area contributed by atoms with Gasteiger partial charge in [0.15, 0.2) is 0 Å². The van der Waals surface area contributed by atoms with Crippen molar-refractivity contribution in [2.45, 2.75) is 51.2 Å². The number of nitrogens with zero attached hydrogens (tertiary/aromatic N) is 1. The maximum atomic E-state index is 13.3. The Kier molecular flexibility index (Phi) is 5.05. The van der Waals surface area contributed by atoms with Gasteiger partial charge in [0.05, 0.1) is 5.60 Å². The number of hydrogen-bond acceptors (Lipinski definition) is 2. The molecule has 4 heteroatoms. The van der Waals surface area contributed by atoms with Crippen LogP contribution in [-0.4, -0.2) is 34.7 Å². The van der Waals surface area contributed by atoms with E-state index in [1.807, 2.05) is 0 Å². The fraction of sp³-hybridized carbons (Fsp3) is 0.625. The zero-order valence-electron chi connectivity index (χ0n) is 12.2. The maximum Gasteiger partial charge on any atom is 0.123 e. The fourth-order valence-electron chi connectivity index (χ4n) is 2.93. The van der Waals surface area contributed by atoms with Gasteiger partial charge in [-0.3, -0.25) is 0 Å². The minimum atomic E-state index is -0.777. The Labute approximate surface area is 125 Å². The molecule has 0 bridgehead atoms. The molecule has 1 saturated heterocycles. The highest BCUT2D eigenvalue weighted by Gasteiger charge is 2.31. The SMILES string of the molecule is CC(C)N1CCCC(O)(Cc2cc(F)ccc2Cl)CC1. The standard InChI is InChI=1S/C16H23ClFNO/c1-12(2)19-8-3-6-16(20,7-9-19)11-13-10-14(18)4-5-15(13)17/h4-5,10,12,20H,3,6-9,11H2,1-2H3. The Bertz CT molecular complexity index is 466. The Morgan fingerprint density at radius 1 is 1.35 bits per heavy atom. The van der Waals surface area contributed by atoms with Crippen LogP contribution in [0.3, 0.4) is 0 Å². The van der Waals surface area contributed by atoms with Gasteiger partial charge < -0.3 is 10.0 Å². The molecule has 1 aliphatic heterocycles. The van der Waals surface area contributed by atoms with E-state index in [1.165, 1.54) is 12.1 Å². The quantitative estimate of drug-likeness (QED) is 0.921. The summed E-state index contributed by atoms with van der Waals surface area (Å²) >= 11 is 6.11. The first-order chi connectivity index (χ1) is 9.39. The summed E-state index contributed by atoms with van der Waals surface area (Å²) < 4.78 is 13.3. The molecule has 1 heterocycles. The van der Waals surface area contributed by atoms with Crippen molar-refractivity contribution in [3.8, 4) is 0 Å². The first-order valence-corrected chi connectivity index (χ1v) is 7.68. The number of rotatable bonds is 3. The molecule has 2 rings (SSSR count). The van der Waals surface area contributed by atoms with E-state index in [0.717, 1.165) is 25.9 Å². The van der Waals surface area contributed by atoms with E-state index in [2.05, 4.69) is 18.7 Å². The average Bonchev–Trinajstić information content (AvgIpc) is 2.56. The van der Waals surface area contributed by atoms with E-state index in [-0.39, 0.29) is 5.82 Å². The van der Waals surface area contributed by atoms with Gasteiger partial charge >= 0.3 is 0 Å². The van der Waals surface area contributed by atoms with Crippen molar-refractivity contribution in [3.63, 3.8) is 0 Å². The van der Waals surface area contributed by atoms with Crippen molar-refractivity contribution < 1.29 is 9.50 Å². The molecule has 0 spiro atoms. The molecule has 0 saturated carbocycles. The highest BCUT2D eigenvalue weighted by atomic mass is 35.5. The summed E-state index contributed by atoms with van der Waals surface area (Å²) in [6.07, 6.45) is 2.83. The molecule has 112 valence electrons. The van der Waals surface area contributed by atoms with Crippen LogP contribution in [0.15, 0.2) is 18.2 Å². The lowest BCUT2D eigenvalue weighted by molar-refractivity contribution is 0.0248. The third-order valence-electron chi connectivity index (χ3n) is 4.21. The molecule has 1 fully saturated rings. The van der Waals surface area contributed by atoms with Crippen LogP contribution in [0, 0.1) is 5.82 Å². The topological polar surface area (TPSA) is 23.5 Å². The van der Waals surface area contributed by atoms with Crippen molar-refractivity contribution in [2.75, 3.05) is 13.1 Å². The molecule has 1 unspecified atom stereocenters. The van der Waals surface area contributed by atoms with Gasteiger partial charge in [0.2, 0.25) is 0 Å². The first kappa shape index (κ1) is 15.7. The monoisotopic (exact) mass is 299 g/mol. The lowest BCUT2D eigenvalue weighted by Gasteiger charge is -2.28. The average molecular weight is 300 g/mol. The first-order valence-electron chi connectivity index (χ1n) is 7.30. The molecule has 0 radical (unpaired) electrons. The van der Waals surface area contributed by atoms with Crippen molar-refractivity contribution in [1.29, 1.82) is 0 Å². The van der Waals surface area contributed by atoms with Gasteiger partial charge in [-0.25, -0.2) is 4.39 Å². The van der Waals surface area contributed by atoms with E-state index in [1.54, 1.807) is 6.07 Å².